The quantitative estimate of drug-likeness (QED) is 0.587. The van der Waals surface area contributed by atoms with Gasteiger partial charge in [0.05, 0.1) is 12.2 Å². The molecule has 1 aliphatic rings. The van der Waals surface area contributed by atoms with Gasteiger partial charge in [0.1, 0.15) is 0 Å². The number of hydrogen-bond acceptors (Lipinski definition) is 1. The van der Waals surface area contributed by atoms with Crippen molar-refractivity contribution in [2.75, 3.05) is 0 Å². The van der Waals surface area contributed by atoms with Crippen LogP contribution in [0.1, 0.15) is 41.0 Å². The first-order chi connectivity index (χ1) is 5.57. The van der Waals surface area contributed by atoms with E-state index in [2.05, 4.69) is 34.6 Å². The molecule has 72 valence electrons. The standard InChI is InChI=1S/C11H22O/c1-6-11-9(4)7(2)8(3)10(5)12-11/h7-11H,6H2,1-5H3/t7-,8+,9+,10+,11-/m1/s1. The molecular weight excluding hydrogens is 148 g/mol. The largest absolute Gasteiger partial charge is 0.375 e. The summed E-state index contributed by atoms with van der Waals surface area (Å²) in [5, 5.41) is 0. The number of rotatable bonds is 1. The van der Waals surface area contributed by atoms with Crippen molar-refractivity contribution in [2.45, 2.75) is 53.2 Å². The van der Waals surface area contributed by atoms with E-state index in [0.717, 1.165) is 18.3 Å². The van der Waals surface area contributed by atoms with Crippen molar-refractivity contribution in [2.24, 2.45) is 17.8 Å². The van der Waals surface area contributed by atoms with Crippen LogP contribution in [-0.4, -0.2) is 12.2 Å². The molecule has 0 aromatic rings. The maximum Gasteiger partial charge on any atom is 0.0604 e. The lowest BCUT2D eigenvalue weighted by atomic mass is 9.76. The van der Waals surface area contributed by atoms with Gasteiger partial charge in [0.15, 0.2) is 0 Å². The Labute approximate surface area is 76.5 Å². The average Bonchev–Trinajstić information content (AvgIpc) is 2.08. The second-order valence-electron chi connectivity index (χ2n) is 4.37. The van der Waals surface area contributed by atoms with Crippen molar-refractivity contribution in [3.05, 3.63) is 0 Å². The van der Waals surface area contributed by atoms with Crippen LogP contribution >= 0.6 is 0 Å². The zero-order valence-corrected chi connectivity index (χ0v) is 9.00. The van der Waals surface area contributed by atoms with Crippen LogP contribution in [0, 0.1) is 17.8 Å². The molecule has 0 aromatic heterocycles. The molecule has 1 aliphatic heterocycles. The van der Waals surface area contributed by atoms with Gasteiger partial charge < -0.3 is 4.74 Å². The highest BCUT2D eigenvalue weighted by atomic mass is 16.5. The molecule has 1 saturated heterocycles. The minimum absolute atomic E-state index is 0.446. The lowest BCUT2D eigenvalue weighted by Gasteiger charge is -2.42. The smallest absolute Gasteiger partial charge is 0.0604 e. The van der Waals surface area contributed by atoms with E-state index >= 15 is 0 Å². The van der Waals surface area contributed by atoms with Crippen molar-refractivity contribution in [1.29, 1.82) is 0 Å². The molecule has 1 fully saturated rings. The predicted octanol–water partition coefficient (Wildman–Crippen LogP) is 3.09. The summed E-state index contributed by atoms with van der Waals surface area (Å²) in [4.78, 5) is 0. The third kappa shape index (κ3) is 1.66. The van der Waals surface area contributed by atoms with Crippen LogP contribution in [0.4, 0.5) is 0 Å². The molecular formula is C11H22O. The second kappa shape index (κ2) is 3.78. The second-order valence-corrected chi connectivity index (χ2v) is 4.37. The first-order valence-electron chi connectivity index (χ1n) is 5.23. The van der Waals surface area contributed by atoms with Crippen molar-refractivity contribution in [3.63, 3.8) is 0 Å². The third-order valence-corrected chi connectivity index (χ3v) is 3.78. The Balaban J connectivity index is 2.63. The lowest BCUT2D eigenvalue weighted by molar-refractivity contribution is -0.125. The van der Waals surface area contributed by atoms with Crippen LogP contribution in [0.15, 0.2) is 0 Å². The fraction of sp³-hybridized carbons (Fsp3) is 1.00. The van der Waals surface area contributed by atoms with Gasteiger partial charge in [-0.05, 0) is 31.1 Å². The zero-order chi connectivity index (χ0) is 9.30. The summed E-state index contributed by atoms with van der Waals surface area (Å²) < 4.78 is 5.93. The van der Waals surface area contributed by atoms with Gasteiger partial charge in [-0.2, -0.15) is 0 Å². The van der Waals surface area contributed by atoms with Crippen molar-refractivity contribution < 1.29 is 4.74 Å². The van der Waals surface area contributed by atoms with E-state index in [1.54, 1.807) is 0 Å². The van der Waals surface area contributed by atoms with Gasteiger partial charge in [0, 0.05) is 0 Å². The van der Waals surface area contributed by atoms with Gasteiger partial charge >= 0.3 is 0 Å². The number of hydrogen-bond donors (Lipinski definition) is 0. The van der Waals surface area contributed by atoms with Crippen LogP contribution in [0.3, 0.4) is 0 Å². The molecule has 0 radical (unpaired) electrons. The Bertz CT molecular complexity index is 139. The van der Waals surface area contributed by atoms with E-state index in [4.69, 9.17) is 4.74 Å². The summed E-state index contributed by atoms with van der Waals surface area (Å²) in [7, 11) is 0. The highest BCUT2D eigenvalue weighted by Gasteiger charge is 2.35. The van der Waals surface area contributed by atoms with Gasteiger partial charge in [0.2, 0.25) is 0 Å². The highest BCUT2D eigenvalue weighted by molar-refractivity contribution is 4.83. The average molecular weight is 170 g/mol. The van der Waals surface area contributed by atoms with Crippen molar-refractivity contribution >= 4 is 0 Å². The minimum atomic E-state index is 0.446. The molecule has 0 bridgehead atoms. The maximum atomic E-state index is 5.93. The summed E-state index contributed by atoms with van der Waals surface area (Å²) >= 11 is 0. The molecule has 0 N–H and O–H groups in total. The Morgan fingerprint density at radius 1 is 0.917 bits per heavy atom. The third-order valence-electron chi connectivity index (χ3n) is 3.78. The van der Waals surface area contributed by atoms with E-state index < -0.39 is 0 Å². The molecule has 0 spiro atoms. The van der Waals surface area contributed by atoms with E-state index in [9.17, 15) is 0 Å². The van der Waals surface area contributed by atoms with Crippen LogP contribution in [0.5, 0.6) is 0 Å². The predicted molar refractivity (Wildman–Crippen MR) is 52.1 cm³/mol. The molecule has 0 unspecified atom stereocenters. The van der Waals surface area contributed by atoms with Gasteiger partial charge in [0.25, 0.3) is 0 Å². The van der Waals surface area contributed by atoms with Gasteiger partial charge in [-0.25, -0.2) is 0 Å². The molecule has 1 heteroatoms. The minimum Gasteiger partial charge on any atom is -0.375 e. The van der Waals surface area contributed by atoms with Crippen molar-refractivity contribution in [1.82, 2.24) is 0 Å². The van der Waals surface area contributed by atoms with E-state index in [1.807, 2.05) is 0 Å². The van der Waals surface area contributed by atoms with Crippen LogP contribution < -0.4 is 0 Å². The molecule has 1 rings (SSSR count). The van der Waals surface area contributed by atoms with E-state index in [-0.39, 0.29) is 0 Å². The molecule has 1 heterocycles. The topological polar surface area (TPSA) is 9.23 Å². The summed E-state index contributed by atoms with van der Waals surface area (Å²) in [5.74, 6) is 2.24. The Hall–Kier alpha value is -0.0400. The first-order valence-corrected chi connectivity index (χ1v) is 5.23. The summed E-state index contributed by atoms with van der Waals surface area (Å²) in [6.07, 6.45) is 2.09. The molecule has 0 aliphatic carbocycles. The fourth-order valence-corrected chi connectivity index (χ4v) is 2.24. The molecule has 12 heavy (non-hydrogen) atoms. The fourth-order valence-electron chi connectivity index (χ4n) is 2.24. The maximum absolute atomic E-state index is 5.93. The molecule has 0 amide bonds. The molecule has 0 aromatic carbocycles. The van der Waals surface area contributed by atoms with Crippen LogP contribution in [0.25, 0.3) is 0 Å². The Morgan fingerprint density at radius 2 is 1.50 bits per heavy atom. The Morgan fingerprint density at radius 3 is 2.00 bits per heavy atom. The molecule has 5 atom stereocenters. The first kappa shape index (κ1) is 10.0. The monoisotopic (exact) mass is 170 g/mol. The van der Waals surface area contributed by atoms with Gasteiger partial charge in [-0.3, -0.25) is 0 Å². The molecule has 1 nitrogen and oxygen atoms in total. The van der Waals surface area contributed by atoms with Crippen LogP contribution in [0.2, 0.25) is 0 Å². The lowest BCUT2D eigenvalue weighted by Crippen LogP contribution is -2.42. The van der Waals surface area contributed by atoms with Crippen molar-refractivity contribution in [3.8, 4) is 0 Å². The van der Waals surface area contributed by atoms with E-state index in [1.165, 1.54) is 0 Å². The summed E-state index contributed by atoms with van der Waals surface area (Å²) in [5.41, 5.74) is 0. The number of ether oxygens (including phenoxy) is 1. The Kier molecular flexibility index (Phi) is 3.16. The van der Waals surface area contributed by atoms with Gasteiger partial charge in [-0.1, -0.05) is 27.7 Å². The normalized spacial score (nSPS) is 49.2. The molecule has 0 saturated carbocycles. The summed E-state index contributed by atoms with van der Waals surface area (Å²) in [6, 6.07) is 0. The summed E-state index contributed by atoms with van der Waals surface area (Å²) in [6.45, 7) is 11.4. The zero-order valence-electron chi connectivity index (χ0n) is 9.00. The highest BCUT2D eigenvalue weighted by Crippen LogP contribution is 2.35. The van der Waals surface area contributed by atoms with Gasteiger partial charge in [-0.15, -0.1) is 0 Å². The van der Waals surface area contributed by atoms with E-state index in [0.29, 0.717) is 18.1 Å². The van der Waals surface area contributed by atoms with Crippen LogP contribution in [-0.2, 0) is 4.74 Å². The SMILES string of the molecule is CC[C@H]1O[C@@H](C)[C@@H](C)[C@@H](C)[C@@H]1C.